The van der Waals surface area contributed by atoms with Gasteiger partial charge >= 0.3 is 0 Å². The van der Waals surface area contributed by atoms with Gasteiger partial charge in [0.2, 0.25) is 15.9 Å². The Bertz CT molecular complexity index is 1750. The average Bonchev–Trinajstić information content (AvgIpc) is 3.18. The van der Waals surface area contributed by atoms with Gasteiger partial charge in [0, 0.05) is 37.1 Å². The number of hydrogen-bond donors (Lipinski definition) is 11. The van der Waals surface area contributed by atoms with Crippen molar-refractivity contribution in [3.63, 3.8) is 0 Å². The first-order valence-electron chi connectivity index (χ1n) is 17.9. The van der Waals surface area contributed by atoms with Crippen molar-refractivity contribution in [3.05, 3.63) is 36.4 Å². The maximum absolute atomic E-state index is 13.9. The highest BCUT2D eigenvalue weighted by molar-refractivity contribution is 7.89. The van der Waals surface area contributed by atoms with Crippen LogP contribution in [0.15, 0.2) is 41.3 Å². The van der Waals surface area contributed by atoms with E-state index in [2.05, 4.69) is 0 Å². The number of rotatable bonds is 16. The third-order valence-corrected chi connectivity index (χ3v) is 11.9. The SMILES string of the molecule is CN(C)c1cccc2c(S(=O)(=O)N(CCO[C@H]3O[C@@H](CO)[C@@H](O[C@H]4O[C@@H](CO)[C@@H](O[C@H]5O[C@@H](CO)[C@@H](O)[C@H](O)[C@H]5O)[C@H](O)[C@H]4O)[C@H](O)[C@H]3O)CC(N)=O)cccc12. The van der Waals surface area contributed by atoms with Gasteiger partial charge in [-0.25, -0.2) is 8.42 Å². The van der Waals surface area contributed by atoms with E-state index in [1.807, 2.05) is 11.0 Å². The highest BCUT2D eigenvalue weighted by Crippen LogP contribution is 2.34. The van der Waals surface area contributed by atoms with Gasteiger partial charge in [-0.2, -0.15) is 4.31 Å². The number of nitrogens with two attached hydrogens (primary N) is 1. The van der Waals surface area contributed by atoms with E-state index in [4.69, 9.17) is 34.2 Å². The third-order valence-electron chi connectivity index (χ3n) is 9.99. The van der Waals surface area contributed by atoms with Crippen LogP contribution in [-0.2, 0) is 43.2 Å². The molecule has 0 aromatic heterocycles. The van der Waals surface area contributed by atoms with Crippen molar-refractivity contribution in [1.82, 2.24) is 4.31 Å². The monoisotopic (exact) mass is 837 g/mol. The van der Waals surface area contributed by atoms with E-state index in [-0.39, 0.29) is 4.90 Å². The molecule has 2 aromatic rings. The first kappa shape index (κ1) is 45.3. The standard InChI is InChI=1S/C34H51N3O19S/c1-36(2)17-7-3-6-16-15(17)5-4-8-21(16)57(49,50)37(11-22(35)41)9-10-51-32-28(47)25(44)30(19(13-39)53-32)56-34-29(48)26(45)31(20(14-40)54-34)55-33-27(46)24(43)23(42)18(12-38)52-33/h3-8,18-20,23-34,38-40,42-48H,9-14H2,1-2H3,(H2,35,41)/t18-,19-,20-,23+,24-,25+,26+,27+,28+,29+,30+,31+,32-,33+,34+/m0/s1. The van der Waals surface area contributed by atoms with Crippen LogP contribution in [0.3, 0.4) is 0 Å². The lowest BCUT2D eigenvalue weighted by Crippen LogP contribution is -2.66. The first-order valence-corrected chi connectivity index (χ1v) is 19.4. The molecule has 0 bridgehead atoms. The Hall–Kier alpha value is -2.76. The number of primary amides is 1. The Morgan fingerprint density at radius 2 is 1.18 bits per heavy atom. The number of ether oxygens (including phenoxy) is 6. The zero-order valence-corrected chi connectivity index (χ0v) is 31.7. The number of sulfonamides is 1. The van der Waals surface area contributed by atoms with Crippen LogP contribution in [0.25, 0.3) is 10.8 Å². The molecule has 3 heterocycles. The second kappa shape index (κ2) is 19.1. The van der Waals surface area contributed by atoms with Crippen molar-refractivity contribution >= 4 is 32.4 Å². The minimum Gasteiger partial charge on any atom is -0.394 e. The molecule has 1 amide bonds. The minimum atomic E-state index is -4.39. The van der Waals surface area contributed by atoms with Crippen LogP contribution < -0.4 is 10.6 Å². The second-order valence-electron chi connectivity index (χ2n) is 14.0. The number of fused-ring (bicyclic) bond motifs is 1. The molecule has 0 aliphatic carbocycles. The molecule has 3 fully saturated rings. The molecular formula is C34H51N3O19S. The number of amides is 1. The summed E-state index contributed by atoms with van der Waals surface area (Å²) in [6.07, 6.45) is -26.4. The van der Waals surface area contributed by atoms with Crippen LogP contribution in [0.4, 0.5) is 5.69 Å². The van der Waals surface area contributed by atoms with Crippen molar-refractivity contribution < 1.29 is 92.7 Å². The largest absolute Gasteiger partial charge is 0.394 e. The zero-order chi connectivity index (χ0) is 41.9. The number of carbonyl (C=O) groups excluding carboxylic acids is 1. The van der Waals surface area contributed by atoms with E-state index < -0.39 is 148 Å². The summed E-state index contributed by atoms with van der Waals surface area (Å²) in [5.74, 6) is -0.968. The van der Waals surface area contributed by atoms with Gasteiger partial charge < -0.3 is 90.1 Å². The van der Waals surface area contributed by atoms with E-state index in [0.29, 0.717) is 10.8 Å². The predicted octanol–water partition coefficient (Wildman–Crippen LogP) is -6.15. The topological polar surface area (TPSA) is 341 Å². The molecule has 3 aliphatic heterocycles. The Morgan fingerprint density at radius 1 is 0.684 bits per heavy atom. The Balaban J connectivity index is 1.24. The van der Waals surface area contributed by atoms with Gasteiger partial charge in [0.05, 0.1) is 37.9 Å². The van der Waals surface area contributed by atoms with E-state index >= 15 is 0 Å². The summed E-state index contributed by atoms with van der Waals surface area (Å²) in [6, 6.07) is 9.81. The van der Waals surface area contributed by atoms with Gasteiger partial charge in [0.1, 0.15) is 73.2 Å². The molecule has 12 N–H and O–H groups in total. The molecule has 3 aliphatic rings. The number of carbonyl (C=O) groups is 1. The van der Waals surface area contributed by atoms with Crippen molar-refractivity contribution in [1.29, 1.82) is 0 Å². The van der Waals surface area contributed by atoms with Crippen LogP contribution in [0.5, 0.6) is 0 Å². The number of hydrogen-bond acceptors (Lipinski definition) is 20. The first-order chi connectivity index (χ1) is 27.0. The van der Waals surface area contributed by atoms with Crippen molar-refractivity contribution in [2.45, 2.75) is 97.0 Å². The number of aliphatic hydroxyl groups excluding tert-OH is 10. The quantitative estimate of drug-likeness (QED) is 0.0749. The van der Waals surface area contributed by atoms with Crippen LogP contribution in [0.1, 0.15) is 0 Å². The highest BCUT2D eigenvalue weighted by Gasteiger charge is 2.53. The molecule has 0 saturated carbocycles. The van der Waals surface area contributed by atoms with Crippen molar-refractivity contribution in [3.8, 4) is 0 Å². The van der Waals surface area contributed by atoms with Crippen LogP contribution in [-0.4, -0.2) is 215 Å². The Morgan fingerprint density at radius 3 is 1.72 bits per heavy atom. The summed E-state index contributed by atoms with van der Waals surface area (Å²) in [4.78, 5) is 13.7. The summed E-state index contributed by atoms with van der Waals surface area (Å²) in [7, 11) is -0.787. The van der Waals surface area contributed by atoms with Crippen LogP contribution >= 0.6 is 0 Å². The molecule has 5 rings (SSSR count). The Kier molecular flexibility index (Phi) is 15.2. The fourth-order valence-electron chi connectivity index (χ4n) is 6.93. The fourth-order valence-corrected chi connectivity index (χ4v) is 8.52. The maximum atomic E-state index is 13.9. The molecular weight excluding hydrogens is 786 g/mol. The lowest BCUT2D eigenvalue weighted by atomic mass is 9.96. The van der Waals surface area contributed by atoms with Crippen LogP contribution in [0.2, 0.25) is 0 Å². The molecule has 0 unspecified atom stereocenters. The predicted molar refractivity (Wildman–Crippen MR) is 191 cm³/mol. The van der Waals surface area contributed by atoms with Gasteiger partial charge in [0.25, 0.3) is 0 Å². The summed E-state index contributed by atoms with van der Waals surface area (Å²) in [6.45, 7) is -4.27. The number of benzene rings is 2. The summed E-state index contributed by atoms with van der Waals surface area (Å²) in [5, 5.41) is 105. The van der Waals surface area contributed by atoms with Gasteiger partial charge in [-0.05, 0) is 12.1 Å². The number of nitrogens with zero attached hydrogens (tertiary/aromatic N) is 2. The molecule has 2 aromatic carbocycles. The molecule has 23 heteroatoms. The smallest absolute Gasteiger partial charge is 0.244 e. The molecule has 57 heavy (non-hydrogen) atoms. The molecule has 3 saturated heterocycles. The van der Waals surface area contributed by atoms with Crippen molar-refractivity contribution in [2.24, 2.45) is 5.73 Å². The van der Waals surface area contributed by atoms with Gasteiger partial charge in [0.15, 0.2) is 18.9 Å². The number of anilines is 1. The molecule has 322 valence electrons. The highest BCUT2D eigenvalue weighted by atomic mass is 32.2. The normalized spacial score (nSPS) is 36.4. The van der Waals surface area contributed by atoms with Gasteiger partial charge in [-0.1, -0.05) is 24.3 Å². The number of aliphatic hydroxyl groups is 10. The lowest BCUT2D eigenvalue weighted by molar-refractivity contribution is -0.379. The maximum Gasteiger partial charge on any atom is 0.244 e. The van der Waals surface area contributed by atoms with E-state index in [1.54, 1.807) is 38.4 Å². The summed E-state index contributed by atoms with van der Waals surface area (Å²) < 4.78 is 61.9. The minimum absolute atomic E-state index is 0.109. The van der Waals surface area contributed by atoms with Gasteiger partial charge in [-0.3, -0.25) is 4.79 Å². The second-order valence-corrected chi connectivity index (χ2v) is 15.9. The third kappa shape index (κ3) is 9.51. The lowest BCUT2D eigenvalue weighted by Gasteiger charge is -2.48. The fraction of sp³-hybridized carbons (Fsp3) is 0.676. The summed E-state index contributed by atoms with van der Waals surface area (Å²) in [5.41, 5.74) is 6.15. The van der Waals surface area contributed by atoms with E-state index in [9.17, 15) is 64.3 Å². The van der Waals surface area contributed by atoms with Crippen LogP contribution in [0, 0.1) is 0 Å². The van der Waals surface area contributed by atoms with Crippen molar-refractivity contribution in [2.75, 3.05) is 58.5 Å². The van der Waals surface area contributed by atoms with E-state index in [1.165, 1.54) is 6.07 Å². The Labute approximate surface area is 326 Å². The van der Waals surface area contributed by atoms with Gasteiger partial charge in [-0.15, -0.1) is 0 Å². The molecule has 22 nitrogen and oxygen atoms in total. The molecule has 0 spiro atoms. The zero-order valence-electron chi connectivity index (χ0n) is 30.9. The summed E-state index contributed by atoms with van der Waals surface area (Å²) >= 11 is 0. The molecule has 0 radical (unpaired) electrons. The average molecular weight is 838 g/mol. The van der Waals surface area contributed by atoms with E-state index in [0.717, 1.165) is 9.99 Å². The molecule has 15 atom stereocenters.